The van der Waals surface area contributed by atoms with Crippen molar-refractivity contribution in [1.82, 2.24) is 47.9 Å². The first kappa shape index (κ1) is 116. The summed E-state index contributed by atoms with van der Waals surface area (Å²) in [7, 11) is 6.22. The zero-order valence-corrected chi connectivity index (χ0v) is 86.6. The van der Waals surface area contributed by atoms with E-state index in [0.717, 1.165) is 73.8 Å². The SMILES string of the molecule is C=C1C=C[C@@]2(C)C(=C1)[C@@H](F)C[C@H]1[C@@H]3C[C@H]4OC(CCC)O[C@@]4(C(=O)COc4ccc(NC(=O)OCc5ccc(NC(=O)[C@H](CCCNC(N)=O)CC(=O)[C@@H](NC(=O)[C@@H](CCCCNC(=O)COC6CCCCCC7=C6NNN7CCOCCOCCOCCOCCC(=O)NCC[N+](C)(C)C)NC(=O)CCOCCOCCOCCOCCNC(=O)OCC6[C@H]7CCC#CCC[C@@H]67)C(C)C)cc5)cc4)[C@@]3(C)C[C@H](O)[C@@]12F. The number of quaternary nitrogens is 1. The number of benzene rings is 2. The Morgan fingerprint density at radius 1 is 0.664 bits per heavy atom. The fourth-order valence-electron chi connectivity index (χ4n) is 21.3. The number of urea groups is 1. The lowest BCUT2D eigenvalue weighted by atomic mass is 9.44. The van der Waals surface area contributed by atoms with E-state index in [9.17, 15) is 53.1 Å². The van der Waals surface area contributed by atoms with Gasteiger partial charge in [0.25, 0.3) is 0 Å². The molecular formula is C106H160F2N13O25+. The van der Waals surface area contributed by atoms with E-state index >= 15 is 8.78 Å². The van der Waals surface area contributed by atoms with Crippen molar-refractivity contribution in [3.05, 3.63) is 101 Å². The molecule has 7 aliphatic carbocycles. The number of amides is 9. The maximum absolute atomic E-state index is 18.2. The lowest BCUT2D eigenvalue weighted by Crippen LogP contribution is -2.70. The number of primary amides is 1. The number of unbranched alkanes of at least 4 members (excludes halogenated alkanes) is 1. The van der Waals surface area contributed by atoms with E-state index in [2.05, 4.69) is 93.1 Å². The Morgan fingerprint density at radius 3 is 1.94 bits per heavy atom. The molecule has 38 nitrogen and oxygen atoms in total. The Hall–Kier alpha value is -9.84. The van der Waals surface area contributed by atoms with Gasteiger partial charge in [-0.1, -0.05) is 83.9 Å². The van der Waals surface area contributed by atoms with Crippen LogP contribution in [0.4, 0.5) is 34.5 Å². The number of rotatable bonds is 65. The van der Waals surface area contributed by atoms with Crippen LogP contribution in [0.1, 0.15) is 181 Å². The van der Waals surface area contributed by atoms with E-state index in [1.807, 2.05) is 18.9 Å². The van der Waals surface area contributed by atoms with Crippen LogP contribution in [0.15, 0.2) is 95.9 Å². The summed E-state index contributed by atoms with van der Waals surface area (Å²) in [6, 6.07) is 9.63. The molecule has 2 aliphatic heterocycles. The number of alkyl carbamates (subject to hydrolysis) is 1. The fraction of sp³-hybridized carbons (Fsp3) is 0.698. The van der Waals surface area contributed by atoms with Crippen molar-refractivity contribution < 1.29 is 133 Å². The number of nitrogens with one attached hydrogen (secondary N) is 10. The van der Waals surface area contributed by atoms with E-state index in [1.165, 1.54) is 0 Å². The number of carbonyl (C=O) groups is 10. The Bertz CT molecular complexity index is 4730. The summed E-state index contributed by atoms with van der Waals surface area (Å²) >= 11 is 0. The second-order valence-corrected chi connectivity index (χ2v) is 40.9. The van der Waals surface area contributed by atoms with E-state index in [1.54, 1.807) is 87.5 Å². The minimum Gasteiger partial charge on any atom is -0.486 e. The molecule has 3 unspecified atom stereocenters. The minimum atomic E-state index is -2.26. The molecule has 11 rings (SSSR count). The third-order valence-corrected chi connectivity index (χ3v) is 29.2. The number of Topliss-reactive ketones (excluding diaryl/α,β-unsaturated/α-hetero) is 2. The first-order valence-electron chi connectivity index (χ1n) is 52.4. The van der Waals surface area contributed by atoms with Crippen molar-refractivity contribution in [2.75, 3.05) is 197 Å². The molecule has 2 aromatic rings. The Kier molecular flexibility index (Phi) is 46.5. The van der Waals surface area contributed by atoms with Crippen LogP contribution < -0.4 is 64.0 Å². The van der Waals surface area contributed by atoms with Crippen LogP contribution in [0, 0.1) is 64.1 Å². The van der Waals surface area contributed by atoms with Gasteiger partial charge in [-0.25, -0.2) is 23.2 Å². The smallest absolute Gasteiger partial charge is 0.411 e. The number of hydrazine groups is 2. The number of hydrogen-bond acceptors (Lipinski definition) is 28. The predicted octanol–water partition coefficient (Wildman–Crippen LogP) is 9.24. The summed E-state index contributed by atoms with van der Waals surface area (Å²) in [4.78, 5) is 135. The van der Waals surface area contributed by atoms with E-state index in [-0.39, 0.29) is 133 Å². The first-order valence-corrected chi connectivity index (χ1v) is 52.4. The monoisotopic (exact) mass is 2050 g/mol. The maximum atomic E-state index is 18.2. The van der Waals surface area contributed by atoms with Gasteiger partial charge in [0.15, 0.2) is 23.3 Å². The molecule has 812 valence electrons. The Balaban J connectivity index is 0.615. The molecule has 0 radical (unpaired) electrons. The third kappa shape index (κ3) is 34.1. The molecular weight excluding hydrogens is 1890 g/mol. The number of hydrogen-bond donors (Lipinski definition) is 12. The van der Waals surface area contributed by atoms with Gasteiger partial charge in [-0.2, -0.15) is 0 Å². The number of ether oxygens (including phenoxy) is 14. The quantitative estimate of drug-likeness (QED) is 0.0167. The summed E-state index contributed by atoms with van der Waals surface area (Å²) < 4.78 is 117. The largest absolute Gasteiger partial charge is 0.486 e. The second-order valence-electron chi connectivity index (χ2n) is 40.9. The summed E-state index contributed by atoms with van der Waals surface area (Å²) in [6.45, 7) is 19.9. The molecule has 0 aromatic heterocycles. The van der Waals surface area contributed by atoms with E-state index in [0.29, 0.717) is 184 Å². The van der Waals surface area contributed by atoms with Crippen LogP contribution >= 0.6 is 0 Å². The van der Waals surface area contributed by atoms with Crippen LogP contribution in [0.25, 0.3) is 0 Å². The van der Waals surface area contributed by atoms with E-state index < -0.39 is 137 Å². The number of nitrogens with zero attached hydrogens (tertiary/aromatic N) is 2. The number of aliphatic hydroxyl groups excluding tert-OH is 1. The van der Waals surface area contributed by atoms with Gasteiger partial charge in [0.05, 0.1) is 183 Å². The lowest BCUT2D eigenvalue weighted by Gasteiger charge is -2.63. The van der Waals surface area contributed by atoms with Crippen molar-refractivity contribution in [3.63, 3.8) is 0 Å². The molecule has 9 aliphatic rings. The molecule has 2 heterocycles. The topological polar surface area (TPSA) is 470 Å². The van der Waals surface area contributed by atoms with Gasteiger partial charge in [-0.3, -0.25) is 43.9 Å². The van der Waals surface area contributed by atoms with Crippen LogP contribution in [-0.2, 0) is 102 Å². The van der Waals surface area contributed by atoms with Crippen molar-refractivity contribution in [3.8, 4) is 17.6 Å². The number of aliphatic hydroxyl groups is 1. The number of halogens is 2. The zero-order chi connectivity index (χ0) is 105. The summed E-state index contributed by atoms with van der Waals surface area (Å²) in [5.74, 6) is 2.19. The van der Waals surface area contributed by atoms with E-state index in [4.69, 9.17) is 72.0 Å². The van der Waals surface area contributed by atoms with Crippen LogP contribution in [0.2, 0.25) is 0 Å². The summed E-state index contributed by atoms with van der Waals surface area (Å²) in [5, 5.41) is 36.5. The maximum Gasteiger partial charge on any atom is 0.411 e. The molecule has 17 atom stereocenters. The predicted molar refractivity (Wildman–Crippen MR) is 537 cm³/mol. The van der Waals surface area contributed by atoms with Gasteiger partial charge >= 0.3 is 18.2 Å². The number of likely N-dealkylation sites (N-methyl/N-ethyl adjacent to an activating group) is 1. The average molecular weight is 2050 g/mol. The molecule has 0 bridgehead atoms. The molecule has 1 saturated heterocycles. The van der Waals surface area contributed by atoms with Crippen molar-refractivity contribution in [2.24, 2.45) is 58.0 Å². The number of ketones is 2. The van der Waals surface area contributed by atoms with Gasteiger partial charge < -0.3 is 124 Å². The number of nitrogens with two attached hydrogens (primary N) is 1. The molecule has 0 spiro atoms. The number of allylic oxidation sites excluding steroid dienone is 6. The third-order valence-electron chi connectivity index (χ3n) is 29.2. The Labute approximate surface area is 857 Å². The average Bonchev–Trinajstić information content (AvgIpc) is 1.64. The zero-order valence-electron chi connectivity index (χ0n) is 86.6. The second kappa shape index (κ2) is 58.4. The number of carbonyl (C=O) groups excluding carboxylic acids is 10. The lowest BCUT2D eigenvalue weighted by molar-refractivity contribution is -0.869. The molecule has 4 saturated carbocycles. The highest BCUT2D eigenvalue weighted by Crippen LogP contribution is 2.72. The number of fused-ring (bicyclic) bond motifs is 8. The first-order chi connectivity index (χ1) is 70.2. The van der Waals surface area contributed by atoms with Crippen LogP contribution in [0.5, 0.6) is 5.75 Å². The minimum absolute atomic E-state index is 0.0124. The Morgan fingerprint density at radius 2 is 1.29 bits per heavy atom. The highest BCUT2D eigenvalue weighted by molar-refractivity contribution is 5.98. The molecule has 40 heteroatoms. The van der Waals surface area contributed by atoms with Crippen molar-refractivity contribution in [1.29, 1.82) is 0 Å². The van der Waals surface area contributed by atoms with Gasteiger partial charge in [0.1, 0.15) is 43.9 Å². The number of anilines is 2. The van der Waals surface area contributed by atoms with Crippen molar-refractivity contribution in [2.45, 2.75) is 237 Å². The van der Waals surface area contributed by atoms with Gasteiger partial charge in [0.2, 0.25) is 35.3 Å². The fourth-order valence-corrected chi connectivity index (χ4v) is 21.3. The summed E-state index contributed by atoms with van der Waals surface area (Å²) in [5.41, 5.74) is 9.31. The van der Waals surface area contributed by atoms with Crippen LogP contribution in [-0.4, -0.2) is 314 Å². The number of alkyl halides is 2. The van der Waals surface area contributed by atoms with Gasteiger partial charge in [-0.05, 0) is 180 Å². The molecule has 2 aromatic carbocycles. The molecule has 9 amide bonds. The standard InChI is InChI=1S/C106H159F2N13O25/c1-10-21-95-145-91-65-81-82-64-84(107)83-62-72(4)36-39-103(83,5)105(82,108)89(123)66-104(81,6)106(91,146-95)90(124)69-141-77-34-32-76(33-35-77)115-102(132)143-67-73-28-30-75(31-29-73)114-98(128)74(22-20-41-112-100(109)130)63-87(122)96(71(2)3)117-99(129)85(116-93(126)38-47-134-51-55-138-58-60-139-56-52-135-48-43-113-101(131)144-68-80-78-23-14-11-12-15-24-79(78)80)25-18-19-40-110-94(127)70-142-88-27-17-13-16-26-86-97(88)118-119-120(86)44-49-136-53-57-140-61-59-137-54-50-133-46-37-92(125)111-42-45-121(7,8)9/h28-36,39,62,71,74,78-82,84-85,88-89,91,95-96,118-119,123H,4,10,13-27,37-38,40-61,63-70H2,1-3,5-9H3,(H9-,109,110,111,112,113,114,115,116,117,125,126,127,128,129,130,131,132)/p+1/t74-,78-,79+,80?,81+,82+,84+,85-,88?,89+,91-,95?,96+,103+,104+,105+,106-/m1/s1. The van der Waals surface area contributed by atoms with Crippen molar-refractivity contribution >= 4 is 70.7 Å². The highest BCUT2D eigenvalue weighted by Gasteiger charge is 2.80. The normalized spacial score (nSPS) is 25.4. The highest BCUT2D eigenvalue weighted by atomic mass is 19.1. The molecule has 146 heavy (non-hydrogen) atoms. The van der Waals surface area contributed by atoms with Crippen LogP contribution in [0.3, 0.4) is 0 Å². The summed E-state index contributed by atoms with van der Waals surface area (Å²) in [6.07, 6.45) is 8.90. The van der Waals surface area contributed by atoms with Gasteiger partial charge in [-0.15, -0.1) is 17.4 Å². The molecule has 13 N–H and O–H groups in total. The van der Waals surface area contributed by atoms with Gasteiger partial charge in [0, 0.05) is 85.8 Å². The molecule has 5 fully saturated rings.